The maximum Gasteiger partial charge on any atom is 0.226 e. The molecule has 2 rings (SSSR count). The summed E-state index contributed by atoms with van der Waals surface area (Å²) in [7, 11) is 0. The van der Waals surface area contributed by atoms with Crippen molar-refractivity contribution in [1.82, 2.24) is 10.2 Å². The number of hydrogen-bond donors (Lipinski definition) is 1. The van der Waals surface area contributed by atoms with Crippen LogP contribution in [0.25, 0.3) is 0 Å². The Balaban J connectivity index is 1.99. The second kappa shape index (κ2) is 5.38. The van der Waals surface area contributed by atoms with Gasteiger partial charge in [0, 0.05) is 18.5 Å². The van der Waals surface area contributed by atoms with Gasteiger partial charge in [0.05, 0.1) is 0 Å². The molecule has 2 aliphatic heterocycles. The summed E-state index contributed by atoms with van der Waals surface area (Å²) in [4.78, 5) is 14.7. The molecular formula is C14H26N2O. The smallest absolute Gasteiger partial charge is 0.226 e. The van der Waals surface area contributed by atoms with E-state index in [2.05, 4.69) is 31.0 Å². The van der Waals surface area contributed by atoms with Gasteiger partial charge < -0.3 is 10.2 Å². The lowest BCUT2D eigenvalue weighted by Crippen LogP contribution is -2.54. The van der Waals surface area contributed by atoms with Crippen molar-refractivity contribution in [2.45, 2.75) is 46.1 Å². The third-order valence-electron chi connectivity index (χ3n) is 4.51. The zero-order valence-electron chi connectivity index (χ0n) is 11.4. The van der Waals surface area contributed by atoms with Crippen LogP contribution in [0, 0.1) is 17.8 Å². The van der Waals surface area contributed by atoms with Gasteiger partial charge in [-0.2, -0.15) is 0 Å². The van der Waals surface area contributed by atoms with Gasteiger partial charge in [-0.3, -0.25) is 4.79 Å². The summed E-state index contributed by atoms with van der Waals surface area (Å²) in [6.07, 6.45) is 3.66. The topological polar surface area (TPSA) is 32.3 Å². The first kappa shape index (κ1) is 12.9. The quantitative estimate of drug-likeness (QED) is 0.814. The molecule has 0 radical (unpaired) electrons. The molecule has 1 N–H and O–H groups in total. The van der Waals surface area contributed by atoms with Crippen molar-refractivity contribution in [2.24, 2.45) is 17.8 Å². The molecule has 2 fully saturated rings. The Morgan fingerprint density at radius 1 is 1.24 bits per heavy atom. The molecule has 3 heteroatoms. The van der Waals surface area contributed by atoms with E-state index < -0.39 is 0 Å². The largest absolute Gasteiger partial charge is 0.339 e. The summed E-state index contributed by atoms with van der Waals surface area (Å²) >= 11 is 0. The molecule has 1 amide bonds. The highest BCUT2D eigenvalue weighted by molar-refractivity contribution is 5.79. The normalized spacial score (nSPS) is 28.0. The number of carbonyl (C=O) groups is 1. The van der Waals surface area contributed by atoms with Crippen molar-refractivity contribution < 1.29 is 4.79 Å². The Labute approximate surface area is 105 Å². The predicted octanol–water partition coefficient (Wildman–Crippen LogP) is 1.88. The number of nitrogens with zero attached hydrogens (tertiary/aromatic N) is 1. The fraction of sp³-hybridized carbons (Fsp3) is 0.929. The van der Waals surface area contributed by atoms with E-state index in [1.54, 1.807) is 0 Å². The van der Waals surface area contributed by atoms with E-state index in [0.717, 1.165) is 19.6 Å². The van der Waals surface area contributed by atoms with E-state index in [1.165, 1.54) is 19.3 Å². The molecule has 98 valence electrons. The maximum atomic E-state index is 12.5. The van der Waals surface area contributed by atoms with Gasteiger partial charge in [0.2, 0.25) is 5.91 Å². The van der Waals surface area contributed by atoms with Crippen molar-refractivity contribution in [3.05, 3.63) is 0 Å². The molecule has 3 nitrogen and oxygen atoms in total. The van der Waals surface area contributed by atoms with Crippen LogP contribution in [0.2, 0.25) is 0 Å². The van der Waals surface area contributed by atoms with E-state index in [4.69, 9.17) is 0 Å². The highest BCUT2D eigenvalue weighted by atomic mass is 16.2. The minimum Gasteiger partial charge on any atom is -0.339 e. The minimum atomic E-state index is 0.204. The zero-order valence-corrected chi connectivity index (χ0v) is 11.4. The molecular weight excluding hydrogens is 212 g/mol. The molecule has 2 atom stereocenters. The second-order valence-corrected chi connectivity index (χ2v) is 6.05. The monoisotopic (exact) mass is 238 g/mol. The summed E-state index contributed by atoms with van der Waals surface area (Å²) in [5.74, 6) is 1.76. The predicted molar refractivity (Wildman–Crippen MR) is 69.7 cm³/mol. The van der Waals surface area contributed by atoms with Crippen LogP contribution in [0.1, 0.15) is 40.0 Å². The van der Waals surface area contributed by atoms with Crippen molar-refractivity contribution in [2.75, 3.05) is 19.6 Å². The first-order valence-corrected chi connectivity index (χ1v) is 7.12. The molecule has 0 aliphatic carbocycles. The Morgan fingerprint density at radius 3 is 2.47 bits per heavy atom. The molecule has 2 unspecified atom stereocenters. The number of carbonyl (C=O) groups excluding carboxylic acids is 1. The van der Waals surface area contributed by atoms with Crippen LogP contribution in [0.15, 0.2) is 0 Å². The number of piperidine rings is 1. The molecule has 17 heavy (non-hydrogen) atoms. The third-order valence-corrected chi connectivity index (χ3v) is 4.51. The van der Waals surface area contributed by atoms with Crippen LogP contribution < -0.4 is 5.32 Å². The first-order chi connectivity index (χ1) is 8.11. The molecule has 0 saturated carbocycles. The van der Waals surface area contributed by atoms with Crippen LogP contribution in [0.5, 0.6) is 0 Å². The van der Waals surface area contributed by atoms with E-state index in [9.17, 15) is 4.79 Å². The summed E-state index contributed by atoms with van der Waals surface area (Å²) in [6, 6.07) is 0.478. The standard InChI is InChI=1S/C14H26N2O/c1-10(2)13-6-4-5-7-16(13)14(17)11(3)12-8-15-9-12/h10-13,15H,4-9H2,1-3H3. The Hall–Kier alpha value is -0.570. The number of nitrogens with one attached hydrogen (secondary N) is 1. The second-order valence-electron chi connectivity index (χ2n) is 6.05. The number of rotatable bonds is 3. The minimum absolute atomic E-state index is 0.204. The van der Waals surface area contributed by atoms with Crippen molar-refractivity contribution in [3.8, 4) is 0 Å². The molecule has 0 aromatic heterocycles. The van der Waals surface area contributed by atoms with Gasteiger partial charge in [-0.05, 0) is 44.2 Å². The van der Waals surface area contributed by atoms with E-state index in [0.29, 0.717) is 23.8 Å². The van der Waals surface area contributed by atoms with Crippen LogP contribution in [-0.2, 0) is 4.79 Å². The third kappa shape index (κ3) is 2.65. The van der Waals surface area contributed by atoms with Gasteiger partial charge in [-0.25, -0.2) is 0 Å². The Bertz CT molecular complexity index is 273. The average Bonchev–Trinajstić information content (AvgIpc) is 2.25. The van der Waals surface area contributed by atoms with Crippen LogP contribution in [0.3, 0.4) is 0 Å². The molecule has 2 heterocycles. The molecule has 0 bridgehead atoms. The Morgan fingerprint density at radius 2 is 1.94 bits per heavy atom. The SMILES string of the molecule is CC(C)C1CCCCN1C(=O)C(C)C1CNC1. The van der Waals surface area contributed by atoms with Gasteiger partial charge >= 0.3 is 0 Å². The maximum absolute atomic E-state index is 12.5. The van der Waals surface area contributed by atoms with Crippen LogP contribution >= 0.6 is 0 Å². The van der Waals surface area contributed by atoms with Crippen molar-refractivity contribution >= 4 is 5.91 Å². The molecule has 0 aromatic carbocycles. The molecule has 0 aromatic rings. The van der Waals surface area contributed by atoms with Crippen molar-refractivity contribution in [1.29, 1.82) is 0 Å². The van der Waals surface area contributed by atoms with Crippen LogP contribution in [-0.4, -0.2) is 36.5 Å². The van der Waals surface area contributed by atoms with Gasteiger partial charge in [-0.15, -0.1) is 0 Å². The zero-order chi connectivity index (χ0) is 12.4. The number of amides is 1. The fourth-order valence-corrected chi connectivity index (χ4v) is 3.05. The van der Waals surface area contributed by atoms with Crippen molar-refractivity contribution in [3.63, 3.8) is 0 Å². The fourth-order valence-electron chi connectivity index (χ4n) is 3.05. The lowest BCUT2D eigenvalue weighted by molar-refractivity contribution is -0.142. The van der Waals surface area contributed by atoms with Gasteiger partial charge in [0.15, 0.2) is 0 Å². The summed E-state index contributed by atoms with van der Waals surface area (Å²) in [6.45, 7) is 9.61. The van der Waals surface area contributed by atoms with E-state index in [1.807, 2.05) is 0 Å². The lowest BCUT2D eigenvalue weighted by Gasteiger charge is -2.42. The van der Waals surface area contributed by atoms with Crippen LogP contribution in [0.4, 0.5) is 0 Å². The first-order valence-electron chi connectivity index (χ1n) is 7.12. The highest BCUT2D eigenvalue weighted by Gasteiger charge is 2.36. The number of hydrogen-bond acceptors (Lipinski definition) is 2. The van der Waals surface area contributed by atoms with E-state index >= 15 is 0 Å². The average molecular weight is 238 g/mol. The summed E-state index contributed by atoms with van der Waals surface area (Å²) in [5, 5.41) is 3.26. The van der Waals surface area contributed by atoms with E-state index in [-0.39, 0.29) is 5.92 Å². The molecule has 0 spiro atoms. The lowest BCUT2D eigenvalue weighted by atomic mass is 9.85. The molecule has 2 saturated heterocycles. The highest BCUT2D eigenvalue weighted by Crippen LogP contribution is 2.27. The van der Waals surface area contributed by atoms with Gasteiger partial charge in [0.25, 0.3) is 0 Å². The number of likely N-dealkylation sites (tertiary alicyclic amines) is 1. The van der Waals surface area contributed by atoms with Gasteiger partial charge in [-0.1, -0.05) is 20.8 Å². The molecule has 2 aliphatic rings. The Kier molecular flexibility index (Phi) is 4.08. The summed E-state index contributed by atoms with van der Waals surface area (Å²) < 4.78 is 0. The summed E-state index contributed by atoms with van der Waals surface area (Å²) in [5.41, 5.74) is 0. The van der Waals surface area contributed by atoms with Gasteiger partial charge in [0.1, 0.15) is 0 Å².